The highest BCUT2D eigenvalue weighted by Gasteiger charge is 2.39. The smallest absolute Gasteiger partial charge is 0.325 e. The van der Waals surface area contributed by atoms with Crippen molar-refractivity contribution in [2.45, 2.75) is 57.2 Å². The van der Waals surface area contributed by atoms with Crippen LogP contribution in [0, 0.1) is 11.7 Å². The molecule has 3 aliphatic heterocycles. The average molecular weight is 416 g/mol. The van der Waals surface area contributed by atoms with Crippen LogP contribution in [0.5, 0.6) is 0 Å². The van der Waals surface area contributed by atoms with Crippen LogP contribution < -0.4 is 10.6 Å². The summed E-state index contributed by atoms with van der Waals surface area (Å²) in [6.07, 6.45) is 5.88. The fraction of sp³-hybridized carbons (Fsp3) is 0.591. The van der Waals surface area contributed by atoms with E-state index in [0.29, 0.717) is 24.1 Å². The fourth-order valence-corrected chi connectivity index (χ4v) is 5.00. The molecule has 3 saturated heterocycles. The fourth-order valence-electron chi connectivity index (χ4n) is 5.00. The number of carbonyl (C=O) groups excluding carboxylic acids is 3. The molecule has 0 radical (unpaired) electrons. The third-order valence-electron chi connectivity index (χ3n) is 6.52. The van der Waals surface area contributed by atoms with Gasteiger partial charge in [0, 0.05) is 12.6 Å². The minimum absolute atomic E-state index is 0.0138. The molecular weight excluding hydrogens is 387 g/mol. The van der Waals surface area contributed by atoms with E-state index in [0.717, 1.165) is 30.8 Å². The van der Waals surface area contributed by atoms with E-state index in [1.165, 1.54) is 37.5 Å². The monoisotopic (exact) mass is 416 g/mol. The molecule has 0 aromatic heterocycles. The zero-order chi connectivity index (χ0) is 21.1. The van der Waals surface area contributed by atoms with Gasteiger partial charge in [-0.1, -0.05) is 18.6 Å². The summed E-state index contributed by atoms with van der Waals surface area (Å²) in [6, 6.07) is 4.91. The first-order valence-electron chi connectivity index (χ1n) is 10.9. The summed E-state index contributed by atoms with van der Waals surface area (Å²) in [6.45, 7) is 2.90. The van der Waals surface area contributed by atoms with Gasteiger partial charge in [0.25, 0.3) is 5.91 Å². The molecule has 0 aliphatic carbocycles. The van der Waals surface area contributed by atoms with E-state index in [1.54, 1.807) is 6.07 Å². The maximum absolute atomic E-state index is 13.4. The molecule has 1 aromatic carbocycles. The number of imide groups is 1. The summed E-state index contributed by atoms with van der Waals surface area (Å²) in [5.74, 6) is -0.652. The number of nitrogens with zero attached hydrogens (tertiary/aromatic N) is 2. The van der Waals surface area contributed by atoms with Crippen molar-refractivity contribution < 1.29 is 18.8 Å². The molecule has 4 amide bonds. The third kappa shape index (κ3) is 4.64. The Kier molecular flexibility index (Phi) is 6.32. The van der Waals surface area contributed by atoms with Gasteiger partial charge in [-0.3, -0.25) is 14.5 Å². The normalized spacial score (nSPS) is 27.0. The van der Waals surface area contributed by atoms with E-state index in [1.807, 2.05) is 0 Å². The van der Waals surface area contributed by atoms with Crippen molar-refractivity contribution in [1.82, 2.24) is 20.4 Å². The number of piperidine rings is 2. The highest BCUT2D eigenvalue weighted by molar-refractivity contribution is 6.05. The van der Waals surface area contributed by atoms with E-state index in [4.69, 9.17) is 0 Å². The van der Waals surface area contributed by atoms with Gasteiger partial charge < -0.3 is 15.5 Å². The Morgan fingerprint density at radius 2 is 2.00 bits per heavy atom. The molecule has 1 aromatic rings. The lowest BCUT2D eigenvalue weighted by molar-refractivity contribution is -0.131. The number of hydrogen-bond acceptors (Lipinski definition) is 4. The van der Waals surface area contributed by atoms with Gasteiger partial charge in [0.05, 0.1) is 13.0 Å². The van der Waals surface area contributed by atoms with Crippen LogP contribution in [0.25, 0.3) is 0 Å². The quantitative estimate of drug-likeness (QED) is 0.696. The number of carbonyl (C=O) groups is 3. The van der Waals surface area contributed by atoms with E-state index in [2.05, 4.69) is 15.5 Å². The van der Waals surface area contributed by atoms with Crippen LogP contribution in [0.1, 0.15) is 44.1 Å². The molecule has 3 aliphatic rings. The van der Waals surface area contributed by atoms with Gasteiger partial charge in [-0.05, 0) is 62.4 Å². The molecule has 4 rings (SSSR count). The Labute approximate surface area is 176 Å². The van der Waals surface area contributed by atoms with E-state index in [-0.39, 0.29) is 18.9 Å². The van der Waals surface area contributed by atoms with Crippen LogP contribution in [0.15, 0.2) is 24.3 Å². The Balaban J connectivity index is 1.28. The molecule has 7 nitrogen and oxygen atoms in total. The summed E-state index contributed by atoms with van der Waals surface area (Å²) in [5.41, 5.74) is 0.526. The second-order valence-electron chi connectivity index (χ2n) is 8.57. The molecule has 0 saturated carbocycles. The molecule has 0 bridgehead atoms. The number of nitrogens with one attached hydrogen (secondary N) is 2. The minimum Gasteiger partial charge on any atom is -0.356 e. The number of amides is 4. The average Bonchev–Trinajstić information content (AvgIpc) is 2.99. The standard InChI is InChI=1S/C22H29FN4O3/c23-17-7-3-5-15(11-17)14-27-21(29)18(25-22(27)30)12-20(28)24-13-16-6-4-10-26-9-2-1-8-19(16)26/h3,5,7,11,16,18-19H,1-2,4,6,8-10,12-14H2,(H,24,28)(H,25,30)/t16-,18+,19-/m1/s1. The largest absolute Gasteiger partial charge is 0.356 e. The van der Waals surface area contributed by atoms with Crippen LogP contribution >= 0.6 is 0 Å². The zero-order valence-electron chi connectivity index (χ0n) is 17.1. The van der Waals surface area contributed by atoms with Crippen LogP contribution in [0.4, 0.5) is 9.18 Å². The minimum atomic E-state index is -0.872. The third-order valence-corrected chi connectivity index (χ3v) is 6.52. The SMILES string of the molecule is O=C(C[C@@H]1NC(=O)N(Cc2cccc(F)c2)C1=O)NC[C@H]1CCCN2CCCC[C@H]12. The van der Waals surface area contributed by atoms with Crippen LogP contribution in [-0.2, 0) is 16.1 Å². The number of rotatable bonds is 6. The van der Waals surface area contributed by atoms with Crippen molar-refractivity contribution in [3.05, 3.63) is 35.6 Å². The molecule has 3 heterocycles. The summed E-state index contributed by atoms with van der Waals surface area (Å²) < 4.78 is 13.4. The first-order valence-corrected chi connectivity index (χ1v) is 10.9. The Bertz CT molecular complexity index is 815. The predicted octanol–water partition coefficient (Wildman–Crippen LogP) is 2.02. The second-order valence-corrected chi connectivity index (χ2v) is 8.57. The lowest BCUT2D eigenvalue weighted by Gasteiger charge is -2.44. The van der Waals surface area contributed by atoms with E-state index >= 15 is 0 Å². The first kappa shape index (κ1) is 20.8. The molecule has 3 atom stereocenters. The highest BCUT2D eigenvalue weighted by Crippen LogP contribution is 2.30. The van der Waals surface area contributed by atoms with Gasteiger partial charge in [-0.25, -0.2) is 9.18 Å². The maximum atomic E-state index is 13.4. The predicted molar refractivity (Wildman–Crippen MR) is 109 cm³/mol. The number of hydrogen-bond donors (Lipinski definition) is 2. The zero-order valence-corrected chi connectivity index (χ0v) is 17.1. The van der Waals surface area contributed by atoms with Crippen molar-refractivity contribution in [3.63, 3.8) is 0 Å². The topological polar surface area (TPSA) is 81.8 Å². The van der Waals surface area contributed by atoms with Crippen molar-refractivity contribution in [2.24, 2.45) is 5.92 Å². The van der Waals surface area contributed by atoms with Crippen molar-refractivity contribution in [3.8, 4) is 0 Å². The Hall–Kier alpha value is -2.48. The van der Waals surface area contributed by atoms with Crippen molar-refractivity contribution in [1.29, 1.82) is 0 Å². The first-order chi connectivity index (χ1) is 14.5. The van der Waals surface area contributed by atoms with Gasteiger partial charge >= 0.3 is 6.03 Å². The summed E-state index contributed by atoms with van der Waals surface area (Å²) in [5, 5.41) is 5.56. The van der Waals surface area contributed by atoms with E-state index < -0.39 is 23.8 Å². The van der Waals surface area contributed by atoms with Gasteiger partial charge in [0.15, 0.2) is 0 Å². The summed E-state index contributed by atoms with van der Waals surface area (Å²) >= 11 is 0. The van der Waals surface area contributed by atoms with Crippen LogP contribution in [0.3, 0.4) is 0 Å². The van der Waals surface area contributed by atoms with Crippen LogP contribution in [0.2, 0.25) is 0 Å². The molecule has 0 spiro atoms. The summed E-state index contributed by atoms with van der Waals surface area (Å²) in [7, 11) is 0. The Morgan fingerprint density at radius 1 is 1.17 bits per heavy atom. The lowest BCUT2D eigenvalue weighted by Crippen LogP contribution is -2.51. The molecule has 8 heteroatoms. The van der Waals surface area contributed by atoms with E-state index in [9.17, 15) is 18.8 Å². The molecule has 3 fully saturated rings. The molecule has 2 N–H and O–H groups in total. The van der Waals surface area contributed by atoms with Crippen molar-refractivity contribution >= 4 is 17.8 Å². The lowest BCUT2D eigenvalue weighted by atomic mass is 9.83. The molecular formula is C22H29FN4O3. The van der Waals surface area contributed by atoms with Gasteiger partial charge in [0.2, 0.25) is 5.91 Å². The van der Waals surface area contributed by atoms with Crippen molar-refractivity contribution in [2.75, 3.05) is 19.6 Å². The number of halogens is 1. The van der Waals surface area contributed by atoms with Gasteiger partial charge in [-0.2, -0.15) is 0 Å². The van der Waals surface area contributed by atoms with Gasteiger partial charge in [0.1, 0.15) is 11.9 Å². The maximum Gasteiger partial charge on any atom is 0.325 e. The molecule has 30 heavy (non-hydrogen) atoms. The number of fused-ring (bicyclic) bond motifs is 1. The number of benzene rings is 1. The second kappa shape index (κ2) is 9.12. The Morgan fingerprint density at radius 3 is 2.83 bits per heavy atom. The molecule has 0 unspecified atom stereocenters. The van der Waals surface area contributed by atoms with Gasteiger partial charge in [-0.15, -0.1) is 0 Å². The highest BCUT2D eigenvalue weighted by atomic mass is 19.1. The summed E-state index contributed by atoms with van der Waals surface area (Å²) in [4.78, 5) is 40.8. The number of urea groups is 1. The molecule has 162 valence electrons. The van der Waals surface area contributed by atoms with Crippen LogP contribution in [-0.4, -0.2) is 59.4 Å².